The lowest BCUT2D eigenvalue weighted by Crippen LogP contribution is -2.38. The van der Waals surface area contributed by atoms with E-state index in [4.69, 9.17) is 9.84 Å². The van der Waals surface area contributed by atoms with Gasteiger partial charge >= 0.3 is 5.97 Å². The Bertz CT molecular complexity index is 538. The van der Waals surface area contributed by atoms with Gasteiger partial charge < -0.3 is 14.7 Å². The fourth-order valence-electron chi connectivity index (χ4n) is 2.89. The predicted octanol–water partition coefficient (Wildman–Crippen LogP) is 3.71. The molecular weight excluding hydrogens is 374 g/mol. The summed E-state index contributed by atoms with van der Waals surface area (Å²) in [7, 11) is 0. The Labute approximate surface area is 151 Å². The van der Waals surface area contributed by atoms with Gasteiger partial charge in [-0.15, -0.1) is 0 Å². The van der Waals surface area contributed by atoms with Crippen LogP contribution in [0.2, 0.25) is 0 Å². The Morgan fingerprint density at radius 1 is 1.17 bits per heavy atom. The Balaban J connectivity index is 1.57. The van der Waals surface area contributed by atoms with E-state index in [0.29, 0.717) is 26.1 Å². The molecule has 1 amide bonds. The fraction of sp³-hybridized carbons (Fsp3) is 0.556. The molecule has 0 aromatic heterocycles. The quantitative estimate of drug-likeness (QED) is 0.678. The van der Waals surface area contributed by atoms with E-state index in [0.717, 1.165) is 35.9 Å². The number of benzene rings is 1. The number of carbonyl (C=O) groups is 2. The molecule has 0 radical (unpaired) electrons. The summed E-state index contributed by atoms with van der Waals surface area (Å²) in [5.74, 6) is 0.480. The van der Waals surface area contributed by atoms with Crippen LogP contribution >= 0.6 is 15.9 Å². The van der Waals surface area contributed by atoms with E-state index in [-0.39, 0.29) is 18.2 Å². The molecule has 0 atom stereocenters. The highest BCUT2D eigenvalue weighted by molar-refractivity contribution is 9.10. The third-order valence-corrected chi connectivity index (χ3v) is 4.83. The normalized spacial score (nSPS) is 15.3. The summed E-state index contributed by atoms with van der Waals surface area (Å²) in [6.45, 7) is 1.98. The molecule has 1 N–H and O–H groups in total. The van der Waals surface area contributed by atoms with Gasteiger partial charge in [-0.2, -0.15) is 0 Å². The van der Waals surface area contributed by atoms with Crippen LogP contribution in [0.25, 0.3) is 0 Å². The second-order valence-electron chi connectivity index (χ2n) is 6.18. The summed E-state index contributed by atoms with van der Waals surface area (Å²) >= 11 is 3.38. The summed E-state index contributed by atoms with van der Waals surface area (Å²) in [6, 6.07) is 7.70. The second kappa shape index (κ2) is 9.67. The molecule has 132 valence electrons. The van der Waals surface area contributed by atoms with Gasteiger partial charge in [-0.3, -0.25) is 9.59 Å². The Morgan fingerprint density at radius 2 is 1.83 bits per heavy atom. The lowest BCUT2D eigenvalue weighted by atomic mass is 9.93. The van der Waals surface area contributed by atoms with Crippen LogP contribution in [-0.2, 0) is 9.59 Å². The van der Waals surface area contributed by atoms with E-state index in [2.05, 4.69) is 15.9 Å². The van der Waals surface area contributed by atoms with Gasteiger partial charge in [-0.1, -0.05) is 15.9 Å². The number of aliphatic carboxylic acids is 1. The number of carbonyl (C=O) groups excluding carboxylic acids is 1. The molecule has 1 saturated heterocycles. The molecular formula is C18H24BrNO4. The number of carboxylic acids is 1. The van der Waals surface area contributed by atoms with Gasteiger partial charge in [0.2, 0.25) is 5.91 Å². The number of rotatable bonds is 8. The summed E-state index contributed by atoms with van der Waals surface area (Å²) in [5.41, 5.74) is 0. The van der Waals surface area contributed by atoms with Crippen molar-refractivity contribution in [3.05, 3.63) is 28.7 Å². The van der Waals surface area contributed by atoms with E-state index in [1.807, 2.05) is 29.2 Å². The van der Waals surface area contributed by atoms with Crippen LogP contribution < -0.4 is 4.74 Å². The molecule has 1 aromatic carbocycles. The van der Waals surface area contributed by atoms with E-state index < -0.39 is 5.97 Å². The molecule has 1 aliphatic heterocycles. The third kappa shape index (κ3) is 6.51. The smallest absolute Gasteiger partial charge is 0.303 e. The molecule has 0 spiro atoms. The molecule has 0 aliphatic carbocycles. The topological polar surface area (TPSA) is 66.8 Å². The zero-order valence-corrected chi connectivity index (χ0v) is 15.3. The van der Waals surface area contributed by atoms with Crippen LogP contribution in [0.4, 0.5) is 0 Å². The summed E-state index contributed by atoms with van der Waals surface area (Å²) in [5, 5.41) is 8.81. The maximum atomic E-state index is 12.2. The van der Waals surface area contributed by atoms with Crippen LogP contribution in [-0.4, -0.2) is 41.6 Å². The zero-order valence-electron chi connectivity index (χ0n) is 13.7. The predicted molar refractivity (Wildman–Crippen MR) is 95.0 cm³/mol. The number of piperidine rings is 1. The molecule has 0 unspecified atom stereocenters. The van der Waals surface area contributed by atoms with Crippen molar-refractivity contribution in [3.8, 4) is 5.75 Å². The maximum Gasteiger partial charge on any atom is 0.303 e. The van der Waals surface area contributed by atoms with E-state index in [1.165, 1.54) is 0 Å². The largest absolute Gasteiger partial charge is 0.494 e. The third-order valence-electron chi connectivity index (χ3n) is 4.30. The molecule has 0 bridgehead atoms. The van der Waals surface area contributed by atoms with Gasteiger partial charge in [0.25, 0.3) is 0 Å². The highest BCUT2D eigenvalue weighted by Gasteiger charge is 2.23. The molecule has 5 nitrogen and oxygen atoms in total. The van der Waals surface area contributed by atoms with Crippen molar-refractivity contribution >= 4 is 27.8 Å². The van der Waals surface area contributed by atoms with Crippen LogP contribution in [0.15, 0.2) is 28.7 Å². The first-order valence-corrected chi connectivity index (χ1v) is 9.22. The van der Waals surface area contributed by atoms with Crippen molar-refractivity contribution in [2.45, 2.75) is 38.5 Å². The first-order valence-electron chi connectivity index (χ1n) is 8.42. The lowest BCUT2D eigenvalue weighted by Gasteiger charge is -2.31. The number of carboxylic acid groups (broad SMARTS) is 1. The highest BCUT2D eigenvalue weighted by Crippen LogP contribution is 2.21. The fourth-order valence-corrected chi connectivity index (χ4v) is 3.16. The second-order valence-corrected chi connectivity index (χ2v) is 7.10. The number of unbranched alkanes of at least 4 members (excludes halogenated alkanes) is 1. The minimum atomic E-state index is -0.745. The van der Waals surface area contributed by atoms with Crippen molar-refractivity contribution in [3.63, 3.8) is 0 Å². The van der Waals surface area contributed by atoms with Crippen molar-refractivity contribution in [2.75, 3.05) is 19.7 Å². The number of amides is 1. The molecule has 1 aliphatic rings. The molecule has 0 saturated carbocycles. The summed E-state index contributed by atoms with van der Waals surface area (Å²) < 4.78 is 6.66. The number of hydrogen-bond acceptors (Lipinski definition) is 3. The minimum absolute atomic E-state index is 0.174. The van der Waals surface area contributed by atoms with Gasteiger partial charge in [0.1, 0.15) is 5.75 Å². The van der Waals surface area contributed by atoms with E-state index in [1.54, 1.807) is 0 Å². The zero-order chi connectivity index (χ0) is 17.4. The van der Waals surface area contributed by atoms with Crippen molar-refractivity contribution in [1.29, 1.82) is 0 Å². The number of likely N-dealkylation sites (tertiary alicyclic amines) is 1. The average molecular weight is 398 g/mol. The average Bonchev–Trinajstić information content (AvgIpc) is 2.56. The van der Waals surface area contributed by atoms with E-state index >= 15 is 0 Å². The molecule has 1 heterocycles. The van der Waals surface area contributed by atoms with E-state index in [9.17, 15) is 9.59 Å². The van der Waals surface area contributed by atoms with Crippen LogP contribution in [0.5, 0.6) is 5.75 Å². The first kappa shape index (κ1) is 18.8. The molecule has 6 heteroatoms. The summed E-state index contributed by atoms with van der Waals surface area (Å²) in [4.78, 5) is 24.7. The Hall–Kier alpha value is -1.56. The highest BCUT2D eigenvalue weighted by atomic mass is 79.9. The van der Waals surface area contributed by atoms with Crippen LogP contribution in [0.1, 0.15) is 38.5 Å². The van der Waals surface area contributed by atoms with Gasteiger partial charge in [-0.25, -0.2) is 0 Å². The van der Waals surface area contributed by atoms with Crippen LogP contribution in [0, 0.1) is 5.92 Å². The van der Waals surface area contributed by atoms with Crippen LogP contribution in [0.3, 0.4) is 0 Å². The first-order chi connectivity index (χ1) is 11.5. The monoisotopic (exact) mass is 397 g/mol. The van der Waals surface area contributed by atoms with Crippen molar-refractivity contribution < 1.29 is 19.4 Å². The molecule has 1 aromatic rings. The minimum Gasteiger partial charge on any atom is -0.494 e. The number of halogens is 1. The lowest BCUT2D eigenvalue weighted by molar-refractivity contribution is -0.138. The Morgan fingerprint density at radius 3 is 2.46 bits per heavy atom. The SMILES string of the molecule is O=C(O)CC1CCN(C(=O)CCCCOc2ccc(Br)cc2)CC1. The van der Waals surface area contributed by atoms with Crippen molar-refractivity contribution in [1.82, 2.24) is 4.90 Å². The van der Waals surface area contributed by atoms with Gasteiger partial charge in [-0.05, 0) is 55.9 Å². The molecule has 24 heavy (non-hydrogen) atoms. The Kier molecular flexibility index (Phi) is 7.56. The van der Waals surface area contributed by atoms with Crippen molar-refractivity contribution in [2.24, 2.45) is 5.92 Å². The van der Waals surface area contributed by atoms with Gasteiger partial charge in [0.15, 0.2) is 0 Å². The summed E-state index contributed by atoms with van der Waals surface area (Å²) in [6.07, 6.45) is 4.00. The standard InChI is InChI=1S/C18H24BrNO4/c19-15-4-6-16(7-5-15)24-12-2-1-3-17(21)20-10-8-14(9-11-20)13-18(22)23/h4-7,14H,1-3,8-13H2,(H,22,23). The number of hydrogen-bond donors (Lipinski definition) is 1. The van der Waals surface area contributed by atoms with Gasteiger partial charge in [0.05, 0.1) is 6.61 Å². The van der Waals surface area contributed by atoms with Gasteiger partial charge in [0, 0.05) is 30.4 Å². The maximum absolute atomic E-state index is 12.2. The number of ether oxygens (including phenoxy) is 1. The molecule has 1 fully saturated rings. The molecule has 2 rings (SSSR count). The number of nitrogens with zero attached hydrogens (tertiary/aromatic N) is 1.